The Morgan fingerprint density at radius 3 is 2.87 bits per heavy atom. The van der Waals surface area contributed by atoms with Gasteiger partial charge < -0.3 is 10.4 Å². The van der Waals surface area contributed by atoms with Crippen LogP contribution in [0.3, 0.4) is 0 Å². The second-order valence-electron chi connectivity index (χ2n) is 4.95. The van der Waals surface area contributed by atoms with Gasteiger partial charge in [-0.15, -0.1) is 5.10 Å². The molecule has 2 N–H and O–H groups in total. The monoisotopic (exact) mass is 318 g/mol. The Balaban J connectivity index is 1.98. The quantitative estimate of drug-likeness (QED) is 0.720. The number of allylic oxidation sites excluding steroid dienone is 1. The number of amides is 1. The number of nitrogens with zero attached hydrogens (tertiary/aromatic N) is 3. The molecule has 0 radical (unpaired) electrons. The molecule has 0 saturated carbocycles. The first kappa shape index (κ1) is 16.5. The van der Waals surface area contributed by atoms with E-state index in [1.807, 2.05) is 0 Å². The minimum atomic E-state index is -1.10. The van der Waals surface area contributed by atoms with Crippen LogP contribution in [0.15, 0.2) is 41.3 Å². The molecule has 8 nitrogen and oxygen atoms in total. The third-order valence-corrected chi connectivity index (χ3v) is 3.28. The molecule has 8 heteroatoms. The zero-order chi connectivity index (χ0) is 16.8. The second-order valence-corrected chi connectivity index (χ2v) is 4.95. The van der Waals surface area contributed by atoms with Gasteiger partial charge in [-0.25, -0.2) is 14.3 Å². The van der Waals surface area contributed by atoms with Gasteiger partial charge in [-0.2, -0.15) is 0 Å². The molecule has 2 aromatic heterocycles. The van der Waals surface area contributed by atoms with Gasteiger partial charge in [0.1, 0.15) is 6.04 Å². The largest absolute Gasteiger partial charge is 0.480 e. The van der Waals surface area contributed by atoms with Crippen molar-refractivity contribution >= 4 is 17.5 Å². The number of aromatic nitrogens is 3. The lowest BCUT2D eigenvalue weighted by atomic mass is 10.2. The second kappa shape index (κ2) is 7.39. The molecular weight excluding hydrogens is 300 g/mol. The number of nitrogens with one attached hydrogen (secondary N) is 1. The van der Waals surface area contributed by atoms with Gasteiger partial charge in [-0.3, -0.25) is 9.20 Å². The fourth-order valence-corrected chi connectivity index (χ4v) is 2.08. The standard InChI is InChI=1S/C15H18N4O4/c1-2-3-6-11(14(21)22)16-13(20)8-10-19-15(23)18-9-5-4-7-12(18)17-19/h2-5,7,9,11H,6,8,10H2,1H3,(H,16,20)(H,21,22)/b3-2+. The van der Waals surface area contributed by atoms with Crippen LogP contribution in [0, 0.1) is 0 Å². The van der Waals surface area contributed by atoms with Crippen molar-refractivity contribution in [2.45, 2.75) is 32.4 Å². The molecule has 1 atom stereocenters. The number of carbonyl (C=O) groups is 2. The van der Waals surface area contributed by atoms with Crippen molar-refractivity contribution in [3.63, 3.8) is 0 Å². The summed E-state index contributed by atoms with van der Waals surface area (Å²) in [5.74, 6) is -1.53. The van der Waals surface area contributed by atoms with Gasteiger partial charge >= 0.3 is 11.7 Å². The summed E-state index contributed by atoms with van der Waals surface area (Å²) in [6.45, 7) is 1.86. The number of hydrogen-bond donors (Lipinski definition) is 2. The Morgan fingerprint density at radius 2 is 2.22 bits per heavy atom. The van der Waals surface area contributed by atoms with E-state index in [1.165, 1.54) is 9.08 Å². The fraction of sp³-hybridized carbons (Fsp3) is 0.333. The van der Waals surface area contributed by atoms with Crippen molar-refractivity contribution in [2.24, 2.45) is 0 Å². The molecule has 2 rings (SSSR count). The lowest BCUT2D eigenvalue weighted by Gasteiger charge is -2.12. The van der Waals surface area contributed by atoms with Crippen LogP contribution in [-0.4, -0.2) is 37.2 Å². The number of aryl methyl sites for hydroxylation is 1. The van der Waals surface area contributed by atoms with E-state index in [2.05, 4.69) is 10.4 Å². The van der Waals surface area contributed by atoms with Crippen LogP contribution in [0.2, 0.25) is 0 Å². The Labute approximate surface area is 132 Å². The summed E-state index contributed by atoms with van der Waals surface area (Å²) >= 11 is 0. The van der Waals surface area contributed by atoms with Crippen LogP contribution < -0.4 is 11.0 Å². The third-order valence-electron chi connectivity index (χ3n) is 3.28. The number of pyridine rings is 1. The van der Waals surface area contributed by atoms with Crippen molar-refractivity contribution in [3.8, 4) is 0 Å². The Bertz CT molecular complexity index is 790. The summed E-state index contributed by atoms with van der Waals surface area (Å²) < 4.78 is 2.57. The zero-order valence-corrected chi connectivity index (χ0v) is 12.7. The number of aliphatic carboxylic acids is 1. The molecular formula is C15H18N4O4. The van der Waals surface area contributed by atoms with E-state index in [9.17, 15) is 14.4 Å². The lowest BCUT2D eigenvalue weighted by Crippen LogP contribution is -2.41. The SMILES string of the molecule is C/C=C/CC(NC(=O)CCn1nc2ccccn2c1=O)C(=O)O. The zero-order valence-electron chi connectivity index (χ0n) is 12.7. The number of fused-ring (bicyclic) bond motifs is 1. The smallest absolute Gasteiger partial charge is 0.350 e. The van der Waals surface area contributed by atoms with E-state index in [0.29, 0.717) is 5.65 Å². The van der Waals surface area contributed by atoms with Gasteiger partial charge in [-0.05, 0) is 25.5 Å². The topological polar surface area (TPSA) is 106 Å². The first-order valence-electron chi connectivity index (χ1n) is 7.20. The highest BCUT2D eigenvalue weighted by atomic mass is 16.4. The summed E-state index contributed by atoms with van der Waals surface area (Å²) in [5, 5.41) is 15.6. The highest BCUT2D eigenvalue weighted by Crippen LogP contribution is 1.98. The molecule has 2 aromatic rings. The molecule has 0 aliphatic carbocycles. The van der Waals surface area contributed by atoms with Crippen molar-refractivity contribution in [1.82, 2.24) is 19.5 Å². The van der Waals surface area contributed by atoms with Crippen molar-refractivity contribution in [3.05, 3.63) is 47.0 Å². The number of hydrogen-bond acceptors (Lipinski definition) is 4. The van der Waals surface area contributed by atoms with Gasteiger partial charge in [0, 0.05) is 12.6 Å². The molecule has 23 heavy (non-hydrogen) atoms. The Morgan fingerprint density at radius 1 is 1.43 bits per heavy atom. The minimum Gasteiger partial charge on any atom is -0.480 e. The molecule has 0 saturated heterocycles. The Hall–Kier alpha value is -2.90. The van der Waals surface area contributed by atoms with Gasteiger partial charge in [0.25, 0.3) is 0 Å². The summed E-state index contributed by atoms with van der Waals surface area (Å²) in [6, 6.07) is 4.19. The molecule has 0 aliphatic heterocycles. The molecule has 2 heterocycles. The maximum Gasteiger partial charge on any atom is 0.350 e. The predicted molar refractivity (Wildman–Crippen MR) is 83.1 cm³/mol. The lowest BCUT2D eigenvalue weighted by molar-refractivity contribution is -0.141. The highest BCUT2D eigenvalue weighted by molar-refractivity contribution is 5.83. The summed E-state index contributed by atoms with van der Waals surface area (Å²) in [5.41, 5.74) is 0.159. The molecule has 0 aliphatic rings. The van der Waals surface area contributed by atoms with E-state index in [-0.39, 0.29) is 25.1 Å². The van der Waals surface area contributed by atoms with Crippen LogP contribution in [0.25, 0.3) is 5.65 Å². The maximum atomic E-state index is 12.0. The van der Waals surface area contributed by atoms with E-state index in [1.54, 1.807) is 43.5 Å². The van der Waals surface area contributed by atoms with Crippen LogP contribution in [0.4, 0.5) is 0 Å². The first-order valence-corrected chi connectivity index (χ1v) is 7.20. The molecule has 0 aromatic carbocycles. The van der Waals surface area contributed by atoms with Gasteiger partial charge in [0.2, 0.25) is 5.91 Å². The fourth-order valence-electron chi connectivity index (χ4n) is 2.08. The number of rotatable bonds is 7. The van der Waals surface area contributed by atoms with Crippen LogP contribution >= 0.6 is 0 Å². The number of carboxylic acids is 1. The van der Waals surface area contributed by atoms with Crippen molar-refractivity contribution in [2.75, 3.05) is 0 Å². The normalized spacial score (nSPS) is 12.6. The molecule has 0 bridgehead atoms. The molecule has 122 valence electrons. The van der Waals surface area contributed by atoms with E-state index in [0.717, 1.165) is 0 Å². The summed E-state index contributed by atoms with van der Waals surface area (Å²) in [6.07, 6.45) is 5.18. The van der Waals surface area contributed by atoms with E-state index in [4.69, 9.17) is 5.11 Å². The number of carbonyl (C=O) groups excluding carboxylic acids is 1. The van der Waals surface area contributed by atoms with E-state index >= 15 is 0 Å². The van der Waals surface area contributed by atoms with Crippen LogP contribution in [0.5, 0.6) is 0 Å². The first-order chi connectivity index (χ1) is 11.0. The molecule has 0 spiro atoms. The van der Waals surface area contributed by atoms with Gasteiger partial charge in [0.05, 0.1) is 6.54 Å². The molecule has 1 amide bonds. The highest BCUT2D eigenvalue weighted by Gasteiger charge is 2.18. The van der Waals surface area contributed by atoms with Crippen molar-refractivity contribution < 1.29 is 14.7 Å². The minimum absolute atomic E-state index is 0.0244. The summed E-state index contributed by atoms with van der Waals surface area (Å²) in [7, 11) is 0. The van der Waals surface area contributed by atoms with Gasteiger partial charge in [-0.1, -0.05) is 18.2 Å². The maximum absolute atomic E-state index is 12.0. The van der Waals surface area contributed by atoms with Crippen molar-refractivity contribution in [1.29, 1.82) is 0 Å². The van der Waals surface area contributed by atoms with E-state index < -0.39 is 17.9 Å². The summed E-state index contributed by atoms with van der Waals surface area (Å²) in [4.78, 5) is 35.0. The van der Waals surface area contributed by atoms with Gasteiger partial charge in [0.15, 0.2) is 5.65 Å². The van der Waals surface area contributed by atoms with Crippen LogP contribution in [-0.2, 0) is 16.1 Å². The Kier molecular flexibility index (Phi) is 5.29. The van der Waals surface area contributed by atoms with Crippen LogP contribution in [0.1, 0.15) is 19.8 Å². The third kappa shape index (κ3) is 4.06. The molecule has 1 unspecified atom stereocenters. The number of carboxylic acid groups (broad SMARTS) is 1. The predicted octanol–water partition coefficient (Wildman–Crippen LogP) is 0.422. The average Bonchev–Trinajstić information content (AvgIpc) is 2.86. The average molecular weight is 318 g/mol. The molecule has 0 fully saturated rings.